The number of carbonyl (C=O) groups excluding carboxylic acids is 3. The first-order chi connectivity index (χ1) is 37.4. The Bertz CT molecular complexity index is 3000. The molecule has 1 aliphatic rings. The van der Waals surface area contributed by atoms with Gasteiger partial charge in [0.25, 0.3) is 5.91 Å². The molecular weight excluding hydrogens is 1040 g/mol. The Labute approximate surface area is 450 Å². The molecule has 23 heteroatoms. The lowest BCUT2D eigenvalue weighted by atomic mass is 9.95. The van der Waals surface area contributed by atoms with Crippen molar-refractivity contribution in [1.82, 2.24) is 25.6 Å². The molecular formula is C54H65N6O15PS. The highest BCUT2D eigenvalue weighted by Crippen LogP contribution is 2.41. The van der Waals surface area contributed by atoms with Gasteiger partial charge >= 0.3 is 6.72 Å². The minimum atomic E-state index is -3.63. The van der Waals surface area contributed by atoms with Crippen LogP contribution in [0.1, 0.15) is 54.4 Å². The Morgan fingerprint density at radius 1 is 0.727 bits per heavy atom. The fourth-order valence-electron chi connectivity index (χ4n) is 8.41. The van der Waals surface area contributed by atoms with Gasteiger partial charge in [0.2, 0.25) is 17.6 Å². The number of carbonyl (C=O) groups is 3. The summed E-state index contributed by atoms with van der Waals surface area (Å²) in [5.41, 5.74) is 5.54. The molecule has 2 aromatic heterocycles. The SMILES string of the molecule is COc1c(O)ccc2c(=O)cc(-c3ccc(C(=O)NCCOCCOCCOCCOCCOCCn4nnc5c4-c4ccccc4CN(C(=O)CCC(=O)NCCCCCCOP(O)(O)=S)c4ccccc4-5)cc3)oc12. The van der Waals surface area contributed by atoms with Crippen molar-refractivity contribution in [2.24, 2.45) is 0 Å². The zero-order valence-corrected chi connectivity index (χ0v) is 44.6. The fourth-order valence-corrected chi connectivity index (χ4v) is 9.00. The third-order valence-corrected chi connectivity index (χ3v) is 13.1. The van der Waals surface area contributed by atoms with E-state index < -0.39 is 6.72 Å². The molecule has 4 aromatic carbocycles. The van der Waals surface area contributed by atoms with E-state index in [1.54, 1.807) is 29.2 Å². The number of fused-ring (bicyclic) bond motifs is 6. The summed E-state index contributed by atoms with van der Waals surface area (Å²) >= 11 is 4.45. The molecule has 6 aromatic rings. The Morgan fingerprint density at radius 2 is 1.38 bits per heavy atom. The van der Waals surface area contributed by atoms with Gasteiger partial charge in [0.1, 0.15) is 11.5 Å². The van der Waals surface area contributed by atoms with Crippen molar-refractivity contribution in [3.8, 4) is 45.3 Å². The molecule has 0 fully saturated rings. The molecule has 0 atom stereocenters. The molecule has 77 heavy (non-hydrogen) atoms. The number of para-hydroxylation sites is 1. The number of unbranched alkanes of at least 4 members (excludes halogenated alkanes) is 3. The number of amides is 3. The van der Waals surface area contributed by atoms with Crippen LogP contribution >= 0.6 is 6.72 Å². The van der Waals surface area contributed by atoms with Crippen molar-refractivity contribution >= 4 is 52.9 Å². The van der Waals surface area contributed by atoms with Gasteiger partial charge in [-0.1, -0.05) is 72.7 Å². The number of phenolic OH excluding ortho intramolecular Hbond substituents is 1. The summed E-state index contributed by atoms with van der Waals surface area (Å²) in [6, 6.07) is 26.2. The van der Waals surface area contributed by atoms with Gasteiger partial charge in [0.15, 0.2) is 16.8 Å². The van der Waals surface area contributed by atoms with E-state index in [-0.39, 0.29) is 70.8 Å². The summed E-state index contributed by atoms with van der Waals surface area (Å²) in [4.78, 5) is 72.0. The predicted octanol–water partition coefficient (Wildman–Crippen LogP) is 6.14. The van der Waals surface area contributed by atoms with Gasteiger partial charge in [-0.2, -0.15) is 0 Å². The summed E-state index contributed by atoms with van der Waals surface area (Å²) in [5.74, 6) is -0.490. The van der Waals surface area contributed by atoms with Crippen molar-refractivity contribution in [3.63, 3.8) is 0 Å². The van der Waals surface area contributed by atoms with Gasteiger partial charge in [-0.3, -0.25) is 19.2 Å². The second-order valence-electron chi connectivity index (χ2n) is 17.6. The van der Waals surface area contributed by atoms with Crippen LogP contribution in [0.4, 0.5) is 5.69 Å². The summed E-state index contributed by atoms with van der Waals surface area (Å²) in [6.45, 7) is 1.73. The number of rotatable bonds is 32. The number of methoxy groups -OCH3 is 1. The normalized spacial score (nSPS) is 12.1. The van der Waals surface area contributed by atoms with Crippen molar-refractivity contribution in [3.05, 3.63) is 112 Å². The average Bonchev–Trinajstić information content (AvgIpc) is 3.84. The summed E-state index contributed by atoms with van der Waals surface area (Å²) < 4.78 is 46.2. The second-order valence-corrected chi connectivity index (χ2v) is 20.3. The zero-order chi connectivity index (χ0) is 54.4. The first-order valence-electron chi connectivity index (χ1n) is 25.4. The Balaban J connectivity index is 0.729. The maximum atomic E-state index is 13.9. The molecule has 0 radical (unpaired) electrons. The van der Waals surface area contributed by atoms with Gasteiger partial charge in [-0.15, -0.1) is 5.10 Å². The Hall–Kier alpha value is -6.43. The van der Waals surface area contributed by atoms with Crippen LogP contribution in [0.15, 0.2) is 100 Å². The third-order valence-electron chi connectivity index (χ3n) is 12.2. The largest absolute Gasteiger partial charge is 0.504 e. The van der Waals surface area contributed by atoms with Crippen LogP contribution in [0.25, 0.3) is 44.8 Å². The molecule has 0 saturated heterocycles. The van der Waals surface area contributed by atoms with E-state index in [1.165, 1.54) is 25.3 Å². The van der Waals surface area contributed by atoms with Crippen molar-refractivity contribution < 1.29 is 66.6 Å². The smallest absolute Gasteiger partial charge is 0.321 e. The molecule has 412 valence electrons. The van der Waals surface area contributed by atoms with Gasteiger partial charge in [-0.25, -0.2) is 4.68 Å². The summed E-state index contributed by atoms with van der Waals surface area (Å²) in [7, 11) is 1.38. The molecule has 5 N–H and O–H groups in total. The van der Waals surface area contributed by atoms with Crippen LogP contribution in [0.2, 0.25) is 0 Å². The molecule has 0 bridgehead atoms. The molecule has 3 heterocycles. The lowest BCUT2D eigenvalue weighted by Crippen LogP contribution is -2.33. The molecule has 0 spiro atoms. The first-order valence-corrected chi connectivity index (χ1v) is 28.0. The minimum absolute atomic E-state index is 0.0233. The van der Waals surface area contributed by atoms with Crippen LogP contribution in [-0.2, 0) is 62.7 Å². The van der Waals surface area contributed by atoms with Crippen LogP contribution in [0.5, 0.6) is 11.5 Å². The second kappa shape index (κ2) is 29.9. The lowest BCUT2D eigenvalue weighted by molar-refractivity contribution is -0.125. The average molecular weight is 1100 g/mol. The van der Waals surface area contributed by atoms with Crippen LogP contribution in [0.3, 0.4) is 0 Å². The van der Waals surface area contributed by atoms with Gasteiger partial charge < -0.3 is 67.8 Å². The summed E-state index contributed by atoms with van der Waals surface area (Å²) in [5, 5.41) is 25.2. The molecule has 3 amide bonds. The van der Waals surface area contributed by atoms with E-state index in [1.807, 2.05) is 53.2 Å². The highest BCUT2D eigenvalue weighted by atomic mass is 32.5. The number of phenols is 1. The van der Waals surface area contributed by atoms with E-state index in [0.717, 1.165) is 41.6 Å². The number of ether oxygens (including phenoxy) is 6. The molecule has 21 nitrogen and oxygen atoms in total. The fraction of sp³-hybridized carbons (Fsp3) is 0.407. The number of nitrogens with one attached hydrogen (secondary N) is 2. The number of aromatic hydroxyl groups is 1. The highest BCUT2D eigenvalue weighted by molar-refractivity contribution is 8.06. The minimum Gasteiger partial charge on any atom is -0.504 e. The number of hydrogen-bond donors (Lipinski definition) is 5. The predicted molar refractivity (Wildman–Crippen MR) is 290 cm³/mol. The quantitative estimate of drug-likeness (QED) is 0.0234. The number of aromatic nitrogens is 3. The van der Waals surface area contributed by atoms with Gasteiger partial charge in [0.05, 0.1) is 110 Å². The maximum Gasteiger partial charge on any atom is 0.321 e. The highest BCUT2D eigenvalue weighted by Gasteiger charge is 2.29. The number of benzene rings is 4. The van der Waals surface area contributed by atoms with Crippen LogP contribution in [0, 0.1) is 0 Å². The van der Waals surface area contributed by atoms with E-state index >= 15 is 0 Å². The molecule has 0 aliphatic carbocycles. The standard InChI is InChI=1S/C54H65N6O15PS/c1-68-53-45(61)19-18-43-46(62)36-47(75-52(43)53)38-14-16-39(17-15-38)54(65)56-23-26-69-28-30-71-32-34-73-35-33-72-31-29-70-27-24-60-51-41-11-5-4-10-40(41)37-59(44-13-7-6-12-42(44)50(51)57-58-60)49(64)21-20-48(63)55-22-8-2-3-9-25-74-76(66,67)77/h4-7,10-19,36,61H,2-3,8-9,20-35,37H2,1H3,(H,55,63)(H,56,65)(H2,66,67,77). The molecule has 7 rings (SSSR count). The van der Waals surface area contributed by atoms with E-state index in [0.29, 0.717) is 121 Å². The number of anilines is 1. The lowest BCUT2D eigenvalue weighted by Gasteiger charge is -2.28. The molecule has 0 unspecified atom stereocenters. The van der Waals surface area contributed by atoms with Crippen molar-refractivity contribution in [2.45, 2.75) is 51.6 Å². The van der Waals surface area contributed by atoms with Crippen molar-refractivity contribution in [2.75, 3.05) is 97.8 Å². The number of nitrogens with zero attached hydrogens (tertiary/aromatic N) is 4. The van der Waals surface area contributed by atoms with E-state index in [2.05, 4.69) is 32.8 Å². The molecule has 1 aliphatic heterocycles. The Kier molecular flexibility index (Phi) is 22.6. The van der Waals surface area contributed by atoms with Crippen molar-refractivity contribution in [1.29, 1.82) is 0 Å². The van der Waals surface area contributed by atoms with Crippen LogP contribution < -0.4 is 25.7 Å². The topological polar surface area (TPSA) is 265 Å². The maximum absolute atomic E-state index is 13.9. The molecule has 0 saturated carbocycles. The Morgan fingerprint density at radius 3 is 2.08 bits per heavy atom. The first kappa shape index (κ1) is 58.3. The number of hydrogen-bond acceptors (Lipinski definition) is 16. The summed E-state index contributed by atoms with van der Waals surface area (Å²) in [6.07, 6.45) is 3.05. The zero-order valence-electron chi connectivity index (χ0n) is 42.9. The van der Waals surface area contributed by atoms with E-state index in [9.17, 15) is 24.3 Å². The monoisotopic (exact) mass is 1100 g/mol. The van der Waals surface area contributed by atoms with Crippen LogP contribution in [-0.4, -0.2) is 140 Å². The van der Waals surface area contributed by atoms with E-state index in [4.69, 9.17) is 47.1 Å². The third kappa shape index (κ3) is 17.3. The van der Waals surface area contributed by atoms with Gasteiger partial charge in [0, 0.05) is 54.3 Å². The van der Waals surface area contributed by atoms with Gasteiger partial charge in [-0.05, 0) is 60.5 Å².